The lowest BCUT2D eigenvalue weighted by molar-refractivity contribution is -0.140. The molecule has 0 aromatic carbocycles. The minimum atomic E-state index is -3.62. The number of carboxylic acid groups (broad SMARTS) is 1. The highest BCUT2D eigenvalue weighted by Gasteiger charge is 2.29. The maximum atomic E-state index is 11.9. The number of hydrogen-bond donors (Lipinski definition) is 2. The zero-order chi connectivity index (χ0) is 15.1. The summed E-state index contributed by atoms with van der Waals surface area (Å²) >= 11 is 0. The first-order valence-electron chi connectivity index (χ1n) is 6.54. The van der Waals surface area contributed by atoms with Crippen LogP contribution in [0, 0.1) is 11.8 Å². The fourth-order valence-electron chi connectivity index (χ4n) is 1.63. The molecule has 0 rings (SSSR count). The minimum Gasteiger partial charge on any atom is -0.480 e. The lowest BCUT2D eigenvalue weighted by Crippen LogP contribution is -2.46. The summed E-state index contributed by atoms with van der Waals surface area (Å²) < 4.78 is 31.2. The van der Waals surface area contributed by atoms with Gasteiger partial charge in [-0.25, -0.2) is 13.1 Å². The topological polar surface area (TPSA) is 92.7 Å². The van der Waals surface area contributed by atoms with Crippen LogP contribution in [0.5, 0.6) is 0 Å². The Hall–Kier alpha value is -0.660. The predicted molar refractivity (Wildman–Crippen MR) is 73.5 cm³/mol. The third-order valence-electron chi connectivity index (χ3n) is 2.90. The minimum absolute atomic E-state index is 0.132. The van der Waals surface area contributed by atoms with Gasteiger partial charge in [0.15, 0.2) is 0 Å². The van der Waals surface area contributed by atoms with E-state index in [-0.39, 0.29) is 17.6 Å². The second kappa shape index (κ2) is 8.50. The molecule has 7 heteroatoms. The quantitative estimate of drug-likeness (QED) is 0.629. The molecule has 0 amide bonds. The van der Waals surface area contributed by atoms with Crippen molar-refractivity contribution in [2.24, 2.45) is 11.8 Å². The smallest absolute Gasteiger partial charge is 0.322 e. The molecule has 0 aromatic rings. The van der Waals surface area contributed by atoms with Crippen molar-refractivity contribution in [3.8, 4) is 0 Å². The van der Waals surface area contributed by atoms with Crippen LogP contribution in [0.25, 0.3) is 0 Å². The second-order valence-corrected chi connectivity index (χ2v) is 6.66. The molecule has 0 bridgehead atoms. The van der Waals surface area contributed by atoms with Crippen LogP contribution < -0.4 is 4.72 Å². The molecular weight excluding hydrogens is 270 g/mol. The lowest BCUT2D eigenvalue weighted by atomic mass is 10.0. The summed E-state index contributed by atoms with van der Waals surface area (Å²) in [5.74, 6) is -1.71. The van der Waals surface area contributed by atoms with Gasteiger partial charge in [0, 0.05) is 6.61 Å². The maximum absolute atomic E-state index is 11.9. The second-order valence-electron chi connectivity index (χ2n) is 4.87. The number of ether oxygens (including phenoxy) is 1. The van der Waals surface area contributed by atoms with Gasteiger partial charge in [0.2, 0.25) is 10.0 Å². The summed E-state index contributed by atoms with van der Waals surface area (Å²) in [5, 5.41) is 9.06. The average molecular weight is 295 g/mol. The third kappa shape index (κ3) is 7.49. The van der Waals surface area contributed by atoms with Gasteiger partial charge in [-0.1, -0.05) is 27.2 Å². The van der Waals surface area contributed by atoms with E-state index in [1.165, 1.54) is 0 Å². The normalized spacial score (nSPS) is 16.8. The van der Waals surface area contributed by atoms with Crippen molar-refractivity contribution in [2.75, 3.05) is 19.0 Å². The molecule has 0 radical (unpaired) electrons. The maximum Gasteiger partial charge on any atom is 0.322 e. The summed E-state index contributed by atoms with van der Waals surface area (Å²) in [5.41, 5.74) is 0. The molecule has 0 fully saturated rings. The first-order chi connectivity index (χ1) is 8.73. The number of hydrogen-bond acceptors (Lipinski definition) is 4. The molecule has 0 aliphatic carbocycles. The standard InChI is InChI=1S/C12H25NO5S/c1-5-10(4)11(12(14)15)13-19(16,17)8-9(3)7-18-6-2/h9-11,13H,5-8H2,1-4H3,(H,14,15)/t9?,10-,11-/m0/s1. The van der Waals surface area contributed by atoms with Gasteiger partial charge >= 0.3 is 5.97 Å². The number of nitrogens with one attached hydrogen (secondary N) is 1. The zero-order valence-electron chi connectivity index (χ0n) is 12.0. The molecule has 1 unspecified atom stereocenters. The van der Waals surface area contributed by atoms with Crippen LogP contribution in [-0.4, -0.2) is 44.5 Å². The van der Waals surface area contributed by atoms with Crippen molar-refractivity contribution < 1.29 is 23.1 Å². The van der Waals surface area contributed by atoms with E-state index in [1.807, 2.05) is 13.8 Å². The van der Waals surface area contributed by atoms with E-state index >= 15 is 0 Å². The van der Waals surface area contributed by atoms with Crippen LogP contribution in [-0.2, 0) is 19.6 Å². The van der Waals surface area contributed by atoms with Gasteiger partial charge in [0.25, 0.3) is 0 Å². The van der Waals surface area contributed by atoms with Crippen molar-refractivity contribution in [1.29, 1.82) is 0 Å². The van der Waals surface area contributed by atoms with E-state index in [2.05, 4.69) is 4.72 Å². The first kappa shape index (κ1) is 18.3. The van der Waals surface area contributed by atoms with Gasteiger partial charge in [0.1, 0.15) is 6.04 Å². The molecule has 0 heterocycles. The Labute approximate surface area is 115 Å². The Morgan fingerprint density at radius 1 is 1.32 bits per heavy atom. The summed E-state index contributed by atoms with van der Waals surface area (Å²) in [6, 6.07) is -1.07. The number of rotatable bonds is 10. The van der Waals surface area contributed by atoms with Crippen molar-refractivity contribution >= 4 is 16.0 Å². The van der Waals surface area contributed by atoms with E-state index in [4.69, 9.17) is 9.84 Å². The van der Waals surface area contributed by atoms with Gasteiger partial charge in [0.05, 0.1) is 12.4 Å². The number of sulfonamides is 1. The Kier molecular flexibility index (Phi) is 8.20. The molecular formula is C12H25NO5S. The summed E-state index contributed by atoms with van der Waals surface area (Å²) in [7, 11) is -3.62. The van der Waals surface area contributed by atoms with Crippen LogP contribution in [0.3, 0.4) is 0 Å². The van der Waals surface area contributed by atoms with Crippen LogP contribution >= 0.6 is 0 Å². The molecule has 2 N–H and O–H groups in total. The van der Waals surface area contributed by atoms with E-state index in [0.717, 1.165) is 0 Å². The molecule has 0 aromatic heterocycles. The van der Waals surface area contributed by atoms with Crippen molar-refractivity contribution in [3.05, 3.63) is 0 Å². The molecule has 19 heavy (non-hydrogen) atoms. The Balaban J connectivity index is 4.60. The zero-order valence-corrected chi connectivity index (χ0v) is 12.9. The molecule has 0 spiro atoms. The molecule has 6 nitrogen and oxygen atoms in total. The summed E-state index contributed by atoms with van der Waals surface area (Å²) in [6.45, 7) is 8.01. The highest BCUT2D eigenvalue weighted by atomic mass is 32.2. The monoisotopic (exact) mass is 295 g/mol. The van der Waals surface area contributed by atoms with Gasteiger partial charge in [-0.2, -0.15) is 0 Å². The van der Waals surface area contributed by atoms with Crippen LogP contribution in [0.4, 0.5) is 0 Å². The van der Waals surface area contributed by atoms with Gasteiger partial charge in [-0.15, -0.1) is 0 Å². The van der Waals surface area contributed by atoms with Gasteiger partial charge < -0.3 is 9.84 Å². The SMILES string of the molecule is CCOCC(C)CS(=O)(=O)N[C@H](C(=O)O)[C@@H](C)CC. The van der Waals surface area contributed by atoms with Crippen molar-refractivity contribution in [1.82, 2.24) is 4.72 Å². The van der Waals surface area contributed by atoms with E-state index < -0.39 is 22.0 Å². The van der Waals surface area contributed by atoms with Gasteiger partial charge in [-0.05, 0) is 18.8 Å². The molecule has 0 aliphatic rings. The number of aliphatic carboxylic acids is 1. The molecule has 114 valence electrons. The summed E-state index contributed by atoms with van der Waals surface area (Å²) in [4.78, 5) is 11.1. The third-order valence-corrected chi connectivity index (χ3v) is 4.52. The first-order valence-corrected chi connectivity index (χ1v) is 8.19. The molecule has 0 saturated carbocycles. The lowest BCUT2D eigenvalue weighted by Gasteiger charge is -2.21. The molecule has 3 atom stereocenters. The summed E-state index contributed by atoms with van der Waals surface area (Å²) in [6.07, 6.45) is 0.591. The van der Waals surface area contributed by atoms with E-state index in [0.29, 0.717) is 19.6 Å². The van der Waals surface area contributed by atoms with Crippen molar-refractivity contribution in [3.63, 3.8) is 0 Å². The fourth-order valence-corrected chi connectivity index (χ4v) is 3.29. The average Bonchev–Trinajstić information content (AvgIpc) is 2.31. The molecule has 0 aliphatic heterocycles. The van der Waals surface area contributed by atoms with Gasteiger partial charge in [-0.3, -0.25) is 4.79 Å². The van der Waals surface area contributed by atoms with Crippen molar-refractivity contribution in [2.45, 2.75) is 40.2 Å². The van der Waals surface area contributed by atoms with Crippen LogP contribution in [0.2, 0.25) is 0 Å². The predicted octanol–water partition coefficient (Wildman–Crippen LogP) is 1.08. The largest absolute Gasteiger partial charge is 0.480 e. The Morgan fingerprint density at radius 2 is 1.89 bits per heavy atom. The highest BCUT2D eigenvalue weighted by Crippen LogP contribution is 2.10. The van der Waals surface area contributed by atoms with E-state index in [1.54, 1.807) is 13.8 Å². The van der Waals surface area contributed by atoms with Crippen LogP contribution in [0.15, 0.2) is 0 Å². The number of carbonyl (C=O) groups is 1. The Bertz CT molecular complexity index is 368. The Morgan fingerprint density at radius 3 is 2.32 bits per heavy atom. The number of carboxylic acids is 1. The molecule has 0 saturated heterocycles. The fraction of sp³-hybridized carbons (Fsp3) is 0.917. The van der Waals surface area contributed by atoms with E-state index in [9.17, 15) is 13.2 Å². The van der Waals surface area contributed by atoms with Crippen LogP contribution in [0.1, 0.15) is 34.1 Å². The highest BCUT2D eigenvalue weighted by molar-refractivity contribution is 7.89.